The molecule has 0 aromatic carbocycles. The van der Waals surface area contributed by atoms with Crippen LogP contribution >= 0.6 is 0 Å². The number of rotatable bonds is 5. The molecule has 0 amide bonds. The minimum Gasteiger partial charge on any atom is -0.370 e. The lowest BCUT2D eigenvalue weighted by molar-refractivity contribution is 0.274. The first kappa shape index (κ1) is 15.1. The van der Waals surface area contributed by atoms with Crippen LogP contribution < -0.4 is 10.9 Å². The molecule has 4 heteroatoms. The Kier molecular flexibility index (Phi) is 5.21. The zero-order valence-corrected chi connectivity index (χ0v) is 12.9. The van der Waals surface area contributed by atoms with Gasteiger partial charge < -0.3 is 10.3 Å². The summed E-state index contributed by atoms with van der Waals surface area (Å²) in [6, 6.07) is 1.55. The van der Waals surface area contributed by atoms with Gasteiger partial charge in [0.15, 0.2) is 0 Å². The summed E-state index contributed by atoms with van der Waals surface area (Å²) in [6.45, 7) is 7.33. The van der Waals surface area contributed by atoms with Gasteiger partial charge in [0.2, 0.25) is 0 Å². The molecule has 0 radical (unpaired) electrons. The Bertz CT molecular complexity index is 481. The summed E-state index contributed by atoms with van der Waals surface area (Å²) in [4.78, 5) is 18.8. The number of hydrogen-bond donors (Lipinski definition) is 2. The average Bonchev–Trinajstić information content (AvgIpc) is 2.38. The minimum atomic E-state index is -0.0718. The summed E-state index contributed by atoms with van der Waals surface area (Å²) in [5.74, 6) is 3.41. The van der Waals surface area contributed by atoms with Crippen molar-refractivity contribution >= 4 is 5.82 Å². The van der Waals surface area contributed by atoms with E-state index in [9.17, 15) is 4.79 Å². The third-order valence-electron chi connectivity index (χ3n) is 4.21. The summed E-state index contributed by atoms with van der Waals surface area (Å²) in [7, 11) is 0. The number of nitrogens with zero attached hydrogens (tertiary/aromatic N) is 1. The lowest BCUT2D eigenvalue weighted by atomic mass is 9.81. The first-order valence-electron chi connectivity index (χ1n) is 7.89. The molecule has 112 valence electrons. The quantitative estimate of drug-likeness (QED) is 0.865. The lowest BCUT2D eigenvalue weighted by Crippen LogP contribution is -2.18. The molecule has 0 saturated heterocycles. The Labute approximate surface area is 121 Å². The molecular formula is C16H27N3O. The van der Waals surface area contributed by atoms with Gasteiger partial charge in [0.05, 0.1) is 0 Å². The van der Waals surface area contributed by atoms with Gasteiger partial charge in [-0.05, 0) is 24.7 Å². The van der Waals surface area contributed by atoms with Crippen LogP contribution in [-0.2, 0) is 0 Å². The average molecular weight is 277 g/mol. The van der Waals surface area contributed by atoms with E-state index in [0.717, 1.165) is 24.2 Å². The molecule has 0 spiro atoms. The second-order valence-electron chi connectivity index (χ2n) is 6.52. The molecule has 4 nitrogen and oxygen atoms in total. The Morgan fingerprint density at radius 3 is 2.95 bits per heavy atom. The van der Waals surface area contributed by atoms with Crippen LogP contribution in [0.5, 0.6) is 0 Å². The molecule has 2 N–H and O–H groups in total. The van der Waals surface area contributed by atoms with Gasteiger partial charge in [-0.25, -0.2) is 4.98 Å². The monoisotopic (exact) mass is 277 g/mol. The van der Waals surface area contributed by atoms with Crippen molar-refractivity contribution in [2.24, 2.45) is 11.8 Å². The van der Waals surface area contributed by atoms with Crippen molar-refractivity contribution in [2.45, 2.75) is 58.8 Å². The fourth-order valence-electron chi connectivity index (χ4n) is 3.07. The van der Waals surface area contributed by atoms with E-state index in [4.69, 9.17) is 0 Å². The number of H-pyrrole nitrogens is 1. The molecular weight excluding hydrogens is 250 g/mol. The first-order valence-corrected chi connectivity index (χ1v) is 7.89. The molecule has 1 aromatic heterocycles. The van der Waals surface area contributed by atoms with E-state index in [1.807, 2.05) is 13.8 Å². The van der Waals surface area contributed by atoms with Gasteiger partial charge in [0.1, 0.15) is 11.6 Å². The van der Waals surface area contributed by atoms with E-state index in [0.29, 0.717) is 5.82 Å². The van der Waals surface area contributed by atoms with Gasteiger partial charge in [0, 0.05) is 18.5 Å². The van der Waals surface area contributed by atoms with E-state index in [2.05, 4.69) is 22.2 Å². The molecule has 1 saturated carbocycles. The summed E-state index contributed by atoms with van der Waals surface area (Å²) in [6.07, 6.45) is 6.63. The number of hydrogen-bond acceptors (Lipinski definition) is 3. The number of anilines is 1. The van der Waals surface area contributed by atoms with E-state index < -0.39 is 0 Å². The van der Waals surface area contributed by atoms with Crippen molar-refractivity contribution in [3.8, 4) is 0 Å². The third kappa shape index (κ3) is 4.36. The zero-order chi connectivity index (χ0) is 14.5. The second kappa shape index (κ2) is 6.91. The summed E-state index contributed by atoms with van der Waals surface area (Å²) in [5.41, 5.74) is -0.0718. The predicted molar refractivity (Wildman–Crippen MR) is 83.2 cm³/mol. The Hall–Kier alpha value is -1.32. The van der Waals surface area contributed by atoms with E-state index in [-0.39, 0.29) is 11.5 Å². The fourth-order valence-corrected chi connectivity index (χ4v) is 3.07. The van der Waals surface area contributed by atoms with Gasteiger partial charge in [-0.3, -0.25) is 4.79 Å². The Morgan fingerprint density at radius 1 is 1.45 bits per heavy atom. The van der Waals surface area contributed by atoms with Crippen molar-refractivity contribution in [3.05, 3.63) is 22.2 Å². The highest BCUT2D eigenvalue weighted by molar-refractivity contribution is 5.33. The molecule has 1 heterocycles. The van der Waals surface area contributed by atoms with Gasteiger partial charge in [-0.2, -0.15) is 0 Å². The topological polar surface area (TPSA) is 57.8 Å². The molecule has 0 aliphatic heterocycles. The lowest BCUT2D eigenvalue weighted by Gasteiger charge is -2.26. The first-order chi connectivity index (χ1) is 9.54. The number of aromatic nitrogens is 2. The van der Waals surface area contributed by atoms with Crippen LogP contribution in [-0.4, -0.2) is 16.5 Å². The molecule has 1 fully saturated rings. The van der Waals surface area contributed by atoms with Gasteiger partial charge in [-0.15, -0.1) is 0 Å². The Balaban J connectivity index is 1.86. The standard InChI is InChI=1S/C16H27N3O/c1-11(2)16-18-14(10-15(20)19-16)17-8-7-13-6-4-5-12(3)9-13/h10-13H,4-9H2,1-3H3,(H2,17,18,19,20). The SMILES string of the molecule is CC1CCCC(CCNc2cc(=O)[nH]c(C(C)C)n2)C1. The fraction of sp³-hybridized carbons (Fsp3) is 0.750. The smallest absolute Gasteiger partial charge is 0.252 e. The van der Waals surface area contributed by atoms with Crippen LogP contribution in [0.1, 0.15) is 64.6 Å². The molecule has 20 heavy (non-hydrogen) atoms. The highest BCUT2D eigenvalue weighted by atomic mass is 16.1. The van der Waals surface area contributed by atoms with Crippen molar-refractivity contribution in [2.75, 3.05) is 11.9 Å². The molecule has 2 rings (SSSR count). The molecule has 2 atom stereocenters. The van der Waals surface area contributed by atoms with E-state index in [1.165, 1.54) is 32.1 Å². The van der Waals surface area contributed by atoms with Gasteiger partial charge in [0.25, 0.3) is 5.56 Å². The molecule has 1 aliphatic rings. The van der Waals surface area contributed by atoms with Crippen molar-refractivity contribution < 1.29 is 0 Å². The second-order valence-corrected chi connectivity index (χ2v) is 6.52. The third-order valence-corrected chi connectivity index (χ3v) is 4.21. The maximum atomic E-state index is 11.6. The predicted octanol–water partition coefficient (Wildman–Crippen LogP) is 3.52. The number of nitrogens with one attached hydrogen (secondary N) is 2. The van der Waals surface area contributed by atoms with Gasteiger partial charge >= 0.3 is 0 Å². The minimum absolute atomic E-state index is 0.0718. The number of aromatic amines is 1. The van der Waals surface area contributed by atoms with Crippen LogP contribution in [0.25, 0.3) is 0 Å². The maximum absolute atomic E-state index is 11.6. The van der Waals surface area contributed by atoms with Crippen molar-refractivity contribution in [1.29, 1.82) is 0 Å². The van der Waals surface area contributed by atoms with Crippen LogP contribution in [0.15, 0.2) is 10.9 Å². The molecule has 0 bridgehead atoms. The van der Waals surface area contributed by atoms with Crippen LogP contribution in [0.2, 0.25) is 0 Å². The molecule has 1 aromatic rings. The summed E-state index contributed by atoms with van der Waals surface area (Å²) < 4.78 is 0. The van der Waals surface area contributed by atoms with Gasteiger partial charge in [-0.1, -0.05) is 40.0 Å². The van der Waals surface area contributed by atoms with Crippen LogP contribution in [0.4, 0.5) is 5.82 Å². The summed E-state index contributed by atoms with van der Waals surface area (Å²) in [5, 5.41) is 3.31. The van der Waals surface area contributed by atoms with Crippen LogP contribution in [0, 0.1) is 11.8 Å². The largest absolute Gasteiger partial charge is 0.370 e. The highest BCUT2D eigenvalue weighted by Crippen LogP contribution is 2.30. The van der Waals surface area contributed by atoms with Crippen molar-refractivity contribution in [3.63, 3.8) is 0 Å². The normalized spacial score (nSPS) is 23.0. The Morgan fingerprint density at radius 2 is 2.25 bits per heavy atom. The van der Waals surface area contributed by atoms with E-state index in [1.54, 1.807) is 6.07 Å². The van der Waals surface area contributed by atoms with E-state index >= 15 is 0 Å². The summed E-state index contributed by atoms with van der Waals surface area (Å²) >= 11 is 0. The highest BCUT2D eigenvalue weighted by Gasteiger charge is 2.18. The van der Waals surface area contributed by atoms with Crippen molar-refractivity contribution in [1.82, 2.24) is 9.97 Å². The zero-order valence-electron chi connectivity index (χ0n) is 12.9. The molecule has 2 unspecified atom stereocenters. The molecule has 1 aliphatic carbocycles. The maximum Gasteiger partial charge on any atom is 0.252 e. The van der Waals surface area contributed by atoms with Crippen LogP contribution in [0.3, 0.4) is 0 Å².